The molecule has 3 rings (SSSR count). The Morgan fingerprint density at radius 3 is 2.52 bits per heavy atom. The monoisotopic (exact) mass is 302 g/mol. The molecule has 1 aliphatic carbocycles. The maximum absolute atomic E-state index is 11.4. The first-order valence-corrected chi connectivity index (χ1v) is 7.98. The predicted octanol–water partition coefficient (Wildman–Crippen LogP) is 4.23. The van der Waals surface area contributed by atoms with Gasteiger partial charge in [0.25, 0.3) is 0 Å². The summed E-state index contributed by atoms with van der Waals surface area (Å²) in [6.45, 7) is 1.46. The lowest BCUT2D eigenvalue weighted by atomic mass is 9.97. The van der Waals surface area contributed by atoms with E-state index in [0.717, 1.165) is 34.8 Å². The summed E-state index contributed by atoms with van der Waals surface area (Å²) in [5.41, 5.74) is 2.30. The van der Waals surface area contributed by atoms with Crippen molar-refractivity contribution >= 4 is 17.3 Å². The Hall–Kier alpha value is -1.81. The third kappa shape index (κ3) is 2.81. The Balaban J connectivity index is 2.07. The van der Waals surface area contributed by atoms with Crippen LogP contribution in [0.5, 0.6) is 11.5 Å². The van der Waals surface area contributed by atoms with Gasteiger partial charge in [0.15, 0.2) is 5.75 Å². The number of benzene rings is 1. The van der Waals surface area contributed by atoms with Crippen molar-refractivity contribution in [2.75, 3.05) is 7.11 Å². The highest BCUT2D eigenvalue weighted by molar-refractivity contribution is 7.16. The molecule has 0 unspecified atom stereocenters. The Bertz CT molecular complexity index is 655. The molecule has 0 spiro atoms. The molecular weight excluding hydrogens is 284 g/mol. The largest absolute Gasteiger partial charge is 0.497 e. The molecule has 0 bridgehead atoms. The average Bonchev–Trinajstić information content (AvgIpc) is 2.86. The second-order valence-corrected chi connectivity index (χ2v) is 6.30. The first-order valence-electron chi connectivity index (χ1n) is 7.16. The first kappa shape index (κ1) is 14.1. The minimum Gasteiger partial charge on any atom is -0.497 e. The van der Waals surface area contributed by atoms with Gasteiger partial charge in [-0.15, -0.1) is 11.3 Å². The van der Waals surface area contributed by atoms with Crippen molar-refractivity contribution in [2.45, 2.75) is 32.6 Å². The van der Waals surface area contributed by atoms with Crippen LogP contribution in [-0.4, -0.2) is 13.1 Å². The summed E-state index contributed by atoms with van der Waals surface area (Å²) >= 11 is 1.75. The van der Waals surface area contributed by atoms with E-state index in [1.165, 1.54) is 30.2 Å². The molecule has 110 valence electrons. The van der Waals surface area contributed by atoms with Crippen molar-refractivity contribution in [1.82, 2.24) is 0 Å². The number of esters is 1. The number of fused-ring (bicyclic) bond motifs is 1. The van der Waals surface area contributed by atoms with Crippen molar-refractivity contribution in [2.24, 2.45) is 0 Å². The molecule has 0 saturated heterocycles. The van der Waals surface area contributed by atoms with Gasteiger partial charge in [0.2, 0.25) is 0 Å². The van der Waals surface area contributed by atoms with E-state index < -0.39 is 0 Å². The summed E-state index contributed by atoms with van der Waals surface area (Å²) in [6.07, 6.45) is 4.48. The molecule has 0 fully saturated rings. The van der Waals surface area contributed by atoms with Gasteiger partial charge in [-0.1, -0.05) is 0 Å². The Morgan fingerprint density at radius 2 is 1.86 bits per heavy atom. The second kappa shape index (κ2) is 5.90. The molecule has 2 aromatic rings. The molecule has 0 aliphatic heterocycles. The van der Waals surface area contributed by atoms with E-state index in [0.29, 0.717) is 0 Å². The fraction of sp³-hybridized carbons (Fsp3) is 0.353. The van der Waals surface area contributed by atoms with Crippen LogP contribution in [0.25, 0.3) is 10.4 Å². The van der Waals surface area contributed by atoms with Crippen LogP contribution >= 0.6 is 11.3 Å². The lowest BCUT2D eigenvalue weighted by Crippen LogP contribution is -2.06. The van der Waals surface area contributed by atoms with Crippen LogP contribution in [-0.2, 0) is 17.6 Å². The summed E-state index contributed by atoms with van der Waals surface area (Å²) in [5, 5.41) is 0. The molecule has 1 aromatic carbocycles. The Kier molecular flexibility index (Phi) is 3.97. The molecule has 21 heavy (non-hydrogen) atoms. The standard InChI is InChI=1S/C17H18O3S/c1-11(18)20-16-14-5-3-4-6-15(14)21-17(16)12-7-9-13(19-2)10-8-12/h7-10H,3-6H2,1-2H3. The highest BCUT2D eigenvalue weighted by Gasteiger charge is 2.23. The third-order valence-corrected chi connectivity index (χ3v) is 5.04. The Labute approximate surface area is 128 Å². The van der Waals surface area contributed by atoms with Gasteiger partial charge in [0, 0.05) is 17.4 Å². The SMILES string of the molecule is COc1ccc(-c2sc3c(c2OC(C)=O)CCCC3)cc1. The topological polar surface area (TPSA) is 35.5 Å². The number of aryl methyl sites for hydroxylation is 1. The van der Waals surface area contributed by atoms with Crippen molar-refractivity contribution in [3.8, 4) is 21.9 Å². The van der Waals surface area contributed by atoms with E-state index in [-0.39, 0.29) is 5.97 Å². The maximum Gasteiger partial charge on any atom is 0.308 e. The first-order chi connectivity index (χ1) is 10.2. The van der Waals surface area contributed by atoms with Crippen molar-refractivity contribution in [1.29, 1.82) is 0 Å². The molecule has 0 amide bonds. The predicted molar refractivity (Wildman–Crippen MR) is 84.3 cm³/mol. The minimum absolute atomic E-state index is 0.254. The van der Waals surface area contributed by atoms with Gasteiger partial charge in [-0.2, -0.15) is 0 Å². The number of methoxy groups -OCH3 is 1. The number of ether oxygens (including phenoxy) is 2. The van der Waals surface area contributed by atoms with Crippen LogP contribution in [0.3, 0.4) is 0 Å². The van der Waals surface area contributed by atoms with Crippen LogP contribution in [0.4, 0.5) is 0 Å². The summed E-state index contributed by atoms with van der Waals surface area (Å²) in [4.78, 5) is 13.9. The van der Waals surface area contributed by atoms with Crippen molar-refractivity contribution in [3.63, 3.8) is 0 Å². The van der Waals surface area contributed by atoms with Crippen molar-refractivity contribution < 1.29 is 14.3 Å². The molecule has 1 aliphatic rings. The third-order valence-electron chi connectivity index (χ3n) is 3.72. The fourth-order valence-electron chi connectivity index (χ4n) is 2.72. The number of hydrogen-bond acceptors (Lipinski definition) is 4. The molecule has 1 aromatic heterocycles. The van der Waals surface area contributed by atoms with Gasteiger partial charge in [-0.3, -0.25) is 4.79 Å². The zero-order chi connectivity index (χ0) is 14.8. The lowest BCUT2D eigenvalue weighted by Gasteiger charge is -2.12. The van der Waals surface area contributed by atoms with Gasteiger partial charge >= 0.3 is 5.97 Å². The van der Waals surface area contributed by atoms with Crippen molar-refractivity contribution in [3.05, 3.63) is 34.7 Å². The summed E-state index contributed by atoms with van der Waals surface area (Å²) in [6, 6.07) is 7.91. The summed E-state index contributed by atoms with van der Waals surface area (Å²) in [5.74, 6) is 1.34. The zero-order valence-corrected chi connectivity index (χ0v) is 13.1. The number of rotatable bonds is 3. The summed E-state index contributed by atoms with van der Waals surface area (Å²) in [7, 11) is 1.66. The van der Waals surface area contributed by atoms with E-state index in [4.69, 9.17) is 9.47 Å². The smallest absolute Gasteiger partial charge is 0.308 e. The average molecular weight is 302 g/mol. The van der Waals surface area contributed by atoms with E-state index in [1.807, 2.05) is 24.3 Å². The van der Waals surface area contributed by atoms with E-state index in [2.05, 4.69) is 0 Å². The normalized spacial score (nSPS) is 13.6. The Morgan fingerprint density at radius 1 is 1.14 bits per heavy atom. The van der Waals surface area contributed by atoms with Crippen LogP contribution in [0, 0.1) is 0 Å². The molecule has 0 atom stereocenters. The number of hydrogen-bond donors (Lipinski definition) is 0. The quantitative estimate of drug-likeness (QED) is 0.796. The van der Waals surface area contributed by atoms with Gasteiger partial charge in [0.05, 0.1) is 12.0 Å². The molecule has 0 saturated carbocycles. The lowest BCUT2D eigenvalue weighted by molar-refractivity contribution is -0.131. The molecule has 1 heterocycles. The highest BCUT2D eigenvalue weighted by atomic mass is 32.1. The molecule has 0 radical (unpaired) electrons. The van der Waals surface area contributed by atoms with Crippen LogP contribution < -0.4 is 9.47 Å². The fourth-order valence-corrected chi connectivity index (χ4v) is 4.04. The second-order valence-electron chi connectivity index (χ2n) is 5.19. The van der Waals surface area contributed by atoms with E-state index in [9.17, 15) is 4.79 Å². The maximum atomic E-state index is 11.4. The zero-order valence-electron chi connectivity index (χ0n) is 12.3. The van der Waals surface area contributed by atoms with Gasteiger partial charge < -0.3 is 9.47 Å². The molecule has 4 heteroatoms. The minimum atomic E-state index is -0.254. The van der Waals surface area contributed by atoms with Crippen LogP contribution in [0.15, 0.2) is 24.3 Å². The summed E-state index contributed by atoms with van der Waals surface area (Å²) < 4.78 is 10.7. The number of carbonyl (C=O) groups excluding carboxylic acids is 1. The van der Waals surface area contributed by atoms with E-state index in [1.54, 1.807) is 18.4 Å². The van der Waals surface area contributed by atoms with Crippen LogP contribution in [0.1, 0.15) is 30.2 Å². The van der Waals surface area contributed by atoms with Crippen LogP contribution in [0.2, 0.25) is 0 Å². The van der Waals surface area contributed by atoms with E-state index >= 15 is 0 Å². The number of thiophene rings is 1. The van der Waals surface area contributed by atoms with Gasteiger partial charge in [-0.25, -0.2) is 0 Å². The number of carbonyl (C=O) groups is 1. The highest BCUT2D eigenvalue weighted by Crippen LogP contribution is 2.46. The molecular formula is C17H18O3S. The van der Waals surface area contributed by atoms with Gasteiger partial charge in [0.1, 0.15) is 5.75 Å². The van der Waals surface area contributed by atoms with Gasteiger partial charge in [-0.05, 0) is 55.5 Å². The molecule has 0 N–H and O–H groups in total. The molecule has 3 nitrogen and oxygen atoms in total.